The Bertz CT molecular complexity index is 1500. The first-order valence-corrected chi connectivity index (χ1v) is 12.6. The fourth-order valence-electron chi connectivity index (χ4n) is 4.51. The summed E-state index contributed by atoms with van der Waals surface area (Å²) in [4.78, 5) is 29.4. The molecule has 0 saturated carbocycles. The molecular formula is C30H29N5O4. The minimum absolute atomic E-state index is 0.0273. The van der Waals surface area contributed by atoms with Gasteiger partial charge in [0.05, 0.1) is 28.6 Å². The molecule has 0 fully saturated rings. The number of carbonyl (C=O) groups is 2. The van der Waals surface area contributed by atoms with Crippen molar-refractivity contribution in [3.63, 3.8) is 0 Å². The Balaban J connectivity index is 1.51. The van der Waals surface area contributed by atoms with Gasteiger partial charge in [-0.15, -0.1) is 0 Å². The monoisotopic (exact) mass is 523 g/mol. The number of rotatable bonds is 7. The van der Waals surface area contributed by atoms with Crippen LogP contribution in [0.3, 0.4) is 0 Å². The highest BCUT2D eigenvalue weighted by molar-refractivity contribution is 6.37. The molecule has 0 bridgehead atoms. The Labute approximate surface area is 227 Å². The van der Waals surface area contributed by atoms with Crippen LogP contribution in [0.1, 0.15) is 23.1 Å². The molecule has 0 saturated heterocycles. The maximum atomic E-state index is 13.3. The summed E-state index contributed by atoms with van der Waals surface area (Å²) >= 11 is 0. The van der Waals surface area contributed by atoms with Crippen molar-refractivity contribution in [3.8, 4) is 17.6 Å². The molecule has 5 rings (SSSR count). The molecule has 2 N–H and O–H groups in total. The second-order valence-corrected chi connectivity index (χ2v) is 9.61. The molecule has 3 aromatic rings. The standard InChI is InChI=1S/C30H29N5O4/c1-34(2)13-12-27(36)35(3)22-8-6-21(7-9-22)32-29(20-5-11-25-26(17-20)39-15-14-38-25)28-23-10-4-19(18-31)16-24(23)33-30(28)37/h4-11,16-17,32H,12-15H2,1-3H3,(H,33,37). The van der Waals surface area contributed by atoms with Crippen molar-refractivity contribution in [2.45, 2.75) is 6.42 Å². The molecule has 0 radical (unpaired) electrons. The number of fused-ring (bicyclic) bond motifs is 2. The van der Waals surface area contributed by atoms with Gasteiger partial charge in [-0.1, -0.05) is 6.07 Å². The molecule has 2 aliphatic rings. The van der Waals surface area contributed by atoms with Gasteiger partial charge >= 0.3 is 0 Å². The molecule has 0 spiro atoms. The van der Waals surface area contributed by atoms with Gasteiger partial charge in [0.1, 0.15) is 13.2 Å². The number of nitriles is 1. The van der Waals surface area contributed by atoms with Crippen LogP contribution in [0.4, 0.5) is 17.1 Å². The molecule has 0 aromatic heterocycles. The smallest absolute Gasteiger partial charge is 0.258 e. The Morgan fingerprint density at radius 2 is 1.74 bits per heavy atom. The van der Waals surface area contributed by atoms with Crippen molar-refractivity contribution >= 4 is 40.1 Å². The molecule has 9 nitrogen and oxygen atoms in total. The summed E-state index contributed by atoms with van der Waals surface area (Å²) in [6.07, 6.45) is 0.423. The number of anilines is 3. The van der Waals surface area contributed by atoms with Crippen LogP contribution in [0.25, 0.3) is 11.3 Å². The van der Waals surface area contributed by atoms with Crippen LogP contribution in [0.15, 0.2) is 60.7 Å². The van der Waals surface area contributed by atoms with Crippen LogP contribution in [-0.4, -0.2) is 57.6 Å². The van der Waals surface area contributed by atoms with E-state index in [1.54, 1.807) is 30.1 Å². The molecule has 3 aromatic carbocycles. The van der Waals surface area contributed by atoms with Crippen LogP contribution in [0, 0.1) is 11.3 Å². The van der Waals surface area contributed by atoms with E-state index in [2.05, 4.69) is 16.7 Å². The lowest BCUT2D eigenvalue weighted by Crippen LogP contribution is -2.29. The van der Waals surface area contributed by atoms with Gasteiger partial charge in [0.15, 0.2) is 11.5 Å². The average Bonchev–Trinajstić information content (AvgIpc) is 3.28. The van der Waals surface area contributed by atoms with Crippen LogP contribution in [0.5, 0.6) is 11.5 Å². The lowest BCUT2D eigenvalue weighted by Gasteiger charge is -2.21. The van der Waals surface area contributed by atoms with Gasteiger partial charge in [-0.05, 0) is 68.7 Å². The first-order valence-electron chi connectivity index (χ1n) is 12.6. The molecular weight excluding hydrogens is 494 g/mol. The van der Waals surface area contributed by atoms with E-state index in [1.807, 2.05) is 61.5 Å². The number of carbonyl (C=O) groups excluding carboxylic acids is 2. The molecule has 9 heteroatoms. The maximum absolute atomic E-state index is 13.3. The summed E-state index contributed by atoms with van der Waals surface area (Å²) in [5.41, 5.74) is 5.01. The molecule has 2 amide bonds. The van der Waals surface area contributed by atoms with Gasteiger partial charge in [-0.3, -0.25) is 9.59 Å². The number of ether oxygens (including phenoxy) is 2. The first-order chi connectivity index (χ1) is 18.8. The predicted molar refractivity (Wildman–Crippen MR) is 151 cm³/mol. The Morgan fingerprint density at radius 1 is 1.00 bits per heavy atom. The number of hydrogen-bond acceptors (Lipinski definition) is 7. The highest BCUT2D eigenvalue weighted by Crippen LogP contribution is 2.40. The quantitative estimate of drug-likeness (QED) is 0.448. The minimum Gasteiger partial charge on any atom is -0.486 e. The van der Waals surface area contributed by atoms with Gasteiger partial charge < -0.3 is 29.9 Å². The molecule has 198 valence electrons. The number of nitrogens with zero attached hydrogens (tertiary/aromatic N) is 3. The van der Waals surface area contributed by atoms with Crippen molar-refractivity contribution < 1.29 is 19.1 Å². The summed E-state index contributed by atoms with van der Waals surface area (Å²) < 4.78 is 11.5. The van der Waals surface area contributed by atoms with E-state index in [0.717, 1.165) is 16.9 Å². The molecule has 2 aliphatic heterocycles. The van der Waals surface area contributed by atoms with Crippen LogP contribution < -0.4 is 25.0 Å². The zero-order valence-electron chi connectivity index (χ0n) is 22.1. The van der Waals surface area contributed by atoms with Crippen molar-refractivity contribution in [2.75, 3.05) is 56.4 Å². The van der Waals surface area contributed by atoms with E-state index in [1.165, 1.54) is 0 Å². The Hall–Kier alpha value is -4.81. The topological polar surface area (TPSA) is 107 Å². The van der Waals surface area contributed by atoms with E-state index in [4.69, 9.17) is 9.47 Å². The second kappa shape index (κ2) is 10.9. The fraction of sp³-hybridized carbons (Fsp3) is 0.233. The van der Waals surface area contributed by atoms with Crippen LogP contribution in [0.2, 0.25) is 0 Å². The highest BCUT2D eigenvalue weighted by Gasteiger charge is 2.29. The molecule has 39 heavy (non-hydrogen) atoms. The lowest BCUT2D eigenvalue weighted by atomic mass is 9.98. The van der Waals surface area contributed by atoms with Gasteiger partial charge in [0.25, 0.3) is 5.91 Å². The van der Waals surface area contributed by atoms with Crippen LogP contribution >= 0.6 is 0 Å². The third kappa shape index (κ3) is 5.42. The average molecular weight is 524 g/mol. The highest BCUT2D eigenvalue weighted by atomic mass is 16.6. The zero-order chi connectivity index (χ0) is 27.5. The van der Waals surface area contributed by atoms with Gasteiger partial charge in [0.2, 0.25) is 5.91 Å². The SMILES string of the molecule is CN(C)CCC(=O)N(C)c1ccc(NC(=C2C(=O)Nc3cc(C#N)ccc32)c2ccc3c(c2)OCCO3)cc1. The van der Waals surface area contributed by atoms with E-state index < -0.39 is 0 Å². The van der Waals surface area contributed by atoms with E-state index in [9.17, 15) is 14.9 Å². The molecule has 0 unspecified atom stereocenters. The third-order valence-electron chi connectivity index (χ3n) is 6.65. The van der Waals surface area contributed by atoms with Crippen molar-refractivity contribution in [2.24, 2.45) is 0 Å². The second-order valence-electron chi connectivity index (χ2n) is 9.61. The van der Waals surface area contributed by atoms with E-state index in [-0.39, 0.29) is 11.8 Å². The van der Waals surface area contributed by atoms with Crippen molar-refractivity contribution in [3.05, 3.63) is 77.4 Å². The summed E-state index contributed by atoms with van der Waals surface area (Å²) in [7, 11) is 5.64. The molecule has 2 heterocycles. The summed E-state index contributed by atoms with van der Waals surface area (Å²) in [6.45, 7) is 1.60. The van der Waals surface area contributed by atoms with Crippen LogP contribution in [-0.2, 0) is 9.59 Å². The number of hydrogen-bond donors (Lipinski definition) is 2. The summed E-state index contributed by atoms with van der Waals surface area (Å²) in [6, 6.07) is 20.3. The predicted octanol–water partition coefficient (Wildman–Crippen LogP) is 4.18. The van der Waals surface area contributed by atoms with Gasteiger partial charge in [0, 0.05) is 42.5 Å². The normalized spacial score (nSPS) is 14.8. The Morgan fingerprint density at radius 3 is 2.46 bits per heavy atom. The van der Waals surface area contributed by atoms with Crippen molar-refractivity contribution in [1.29, 1.82) is 5.26 Å². The lowest BCUT2D eigenvalue weighted by molar-refractivity contribution is -0.118. The van der Waals surface area contributed by atoms with E-state index >= 15 is 0 Å². The summed E-state index contributed by atoms with van der Waals surface area (Å²) in [5.74, 6) is 1.00. The Kier molecular flexibility index (Phi) is 7.21. The summed E-state index contributed by atoms with van der Waals surface area (Å²) in [5, 5.41) is 15.6. The number of benzene rings is 3. The van der Waals surface area contributed by atoms with Gasteiger partial charge in [-0.25, -0.2) is 0 Å². The zero-order valence-corrected chi connectivity index (χ0v) is 22.1. The molecule has 0 aliphatic carbocycles. The van der Waals surface area contributed by atoms with Crippen molar-refractivity contribution in [1.82, 2.24) is 4.90 Å². The van der Waals surface area contributed by atoms with Gasteiger partial charge in [-0.2, -0.15) is 5.26 Å². The largest absolute Gasteiger partial charge is 0.486 e. The number of amides is 2. The number of nitrogens with one attached hydrogen (secondary N) is 2. The fourth-order valence-corrected chi connectivity index (χ4v) is 4.51. The maximum Gasteiger partial charge on any atom is 0.258 e. The first kappa shape index (κ1) is 25.8. The minimum atomic E-state index is -0.277. The molecule has 0 atom stereocenters. The van der Waals surface area contributed by atoms with E-state index in [0.29, 0.717) is 65.8 Å². The third-order valence-corrected chi connectivity index (χ3v) is 6.65.